The summed E-state index contributed by atoms with van der Waals surface area (Å²) in [5.74, 6) is -0.975. The highest BCUT2D eigenvalue weighted by Crippen LogP contribution is 2.17. The van der Waals surface area contributed by atoms with E-state index in [-0.39, 0.29) is 19.0 Å². The second-order valence-corrected chi connectivity index (χ2v) is 5.85. The number of nitrogens with zero attached hydrogens (tertiary/aromatic N) is 2. The van der Waals surface area contributed by atoms with Crippen molar-refractivity contribution in [2.24, 2.45) is 5.73 Å². The average Bonchev–Trinajstić information content (AvgIpc) is 2.32. The quantitative estimate of drug-likeness (QED) is 0.492. The van der Waals surface area contributed by atoms with Gasteiger partial charge in [0, 0.05) is 20.0 Å². The lowest BCUT2D eigenvalue weighted by atomic mass is 9.98. The molecular formula is C12H20N4O3S. The molecule has 0 spiro atoms. The molecular weight excluding hydrogens is 280 g/mol. The van der Waals surface area contributed by atoms with Gasteiger partial charge in [-0.15, -0.1) is 0 Å². The van der Waals surface area contributed by atoms with Crippen LogP contribution in [0.15, 0.2) is 0 Å². The van der Waals surface area contributed by atoms with Gasteiger partial charge in [-0.1, -0.05) is 12.2 Å². The predicted molar refractivity (Wildman–Crippen MR) is 77.8 cm³/mol. The molecule has 0 atom stereocenters. The van der Waals surface area contributed by atoms with Crippen molar-refractivity contribution in [3.8, 4) is 0 Å². The van der Waals surface area contributed by atoms with E-state index in [2.05, 4.69) is 5.32 Å². The number of amides is 3. The Bertz CT molecular complexity index is 450. The van der Waals surface area contributed by atoms with Crippen LogP contribution in [0.4, 0.5) is 0 Å². The number of nitrogens with one attached hydrogen (secondary N) is 1. The zero-order chi connectivity index (χ0) is 15.5. The first-order chi connectivity index (χ1) is 9.14. The third kappa shape index (κ3) is 3.97. The minimum atomic E-state index is -0.895. The molecule has 3 amide bonds. The number of nitrogens with two attached hydrogens (primary N) is 1. The number of hydrogen-bond acceptors (Lipinski definition) is 5. The Morgan fingerprint density at radius 2 is 2.10 bits per heavy atom. The van der Waals surface area contributed by atoms with E-state index in [1.165, 1.54) is 4.90 Å². The molecule has 0 aliphatic carbocycles. The van der Waals surface area contributed by atoms with Gasteiger partial charge in [-0.3, -0.25) is 24.6 Å². The molecule has 112 valence electrons. The van der Waals surface area contributed by atoms with Gasteiger partial charge in [-0.2, -0.15) is 0 Å². The number of likely N-dealkylation sites (N-methyl/N-ethyl adjacent to an activating group) is 1. The van der Waals surface area contributed by atoms with Gasteiger partial charge in [-0.05, 0) is 13.8 Å². The Labute approximate surface area is 123 Å². The molecule has 7 nitrogen and oxygen atoms in total. The van der Waals surface area contributed by atoms with Crippen molar-refractivity contribution in [3.05, 3.63) is 0 Å². The van der Waals surface area contributed by atoms with Crippen molar-refractivity contribution in [2.75, 3.05) is 26.7 Å². The van der Waals surface area contributed by atoms with Crippen molar-refractivity contribution in [1.82, 2.24) is 15.1 Å². The van der Waals surface area contributed by atoms with Gasteiger partial charge in [-0.25, -0.2) is 0 Å². The molecule has 1 fully saturated rings. The highest BCUT2D eigenvalue weighted by Gasteiger charge is 2.41. The first kappa shape index (κ1) is 16.5. The van der Waals surface area contributed by atoms with Crippen LogP contribution in [0.25, 0.3) is 0 Å². The van der Waals surface area contributed by atoms with Crippen LogP contribution in [0.2, 0.25) is 0 Å². The molecule has 0 aromatic carbocycles. The van der Waals surface area contributed by atoms with Gasteiger partial charge < -0.3 is 10.6 Å². The second kappa shape index (κ2) is 6.27. The molecule has 1 rings (SSSR count). The number of hydrogen-bond donors (Lipinski definition) is 2. The Balaban J connectivity index is 2.65. The van der Waals surface area contributed by atoms with E-state index in [4.69, 9.17) is 18.0 Å². The Morgan fingerprint density at radius 3 is 2.65 bits per heavy atom. The zero-order valence-electron chi connectivity index (χ0n) is 11.9. The van der Waals surface area contributed by atoms with Crippen LogP contribution in [0.1, 0.15) is 20.3 Å². The highest BCUT2D eigenvalue weighted by atomic mass is 32.1. The second-order valence-electron chi connectivity index (χ2n) is 5.32. The van der Waals surface area contributed by atoms with Gasteiger partial charge in [0.15, 0.2) is 0 Å². The fraction of sp³-hybridized carbons (Fsp3) is 0.667. The number of rotatable bonds is 5. The van der Waals surface area contributed by atoms with Gasteiger partial charge in [0.25, 0.3) is 0 Å². The van der Waals surface area contributed by atoms with Crippen molar-refractivity contribution in [3.63, 3.8) is 0 Å². The van der Waals surface area contributed by atoms with Gasteiger partial charge >= 0.3 is 0 Å². The van der Waals surface area contributed by atoms with E-state index in [1.54, 1.807) is 25.8 Å². The topological polar surface area (TPSA) is 95.7 Å². The summed E-state index contributed by atoms with van der Waals surface area (Å²) in [6.07, 6.45) is 0.445. The molecule has 0 unspecified atom stereocenters. The molecule has 0 aromatic heterocycles. The first-order valence-electron chi connectivity index (χ1n) is 6.26. The molecule has 3 N–H and O–H groups in total. The molecule has 1 saturated heterocycles. The molecule has 20 heavy (non-hydrogen) atoms. The van der Waals surface area contributed by atoms with Crippen molar-refractivity contribution < 1.29 is 14.4 Å². The summed E-state index contributed by atoms with van der Waals surface area (Å²) in [5, 5.41) is 2.26. The van der Waals surface area contributed by atoms with Crippen molar-refractivity contribution >= 4 is 34.9 Å². The molecule has 1 heterocycles. The lowest BCUT2D eigenvalue weighted by Gasteiger charge is -2.40. The number of piperazine rings is 1. The summed E-state index contributed by atoms with van der Waals surface area (Å²) >= 11 is 4.76. The van der Waals surface area contributed by atoms with E-state index in [9.17, 15) is 14.4 Å². The Morgan fingerprint density at radius 1 is 1.50 bits per heavy atom. The van der Waals surface area contributed by atoms with Crippen LogP contribution in [-0.4, -0.2) is 64.7 Å². The molecule has 1 aliphatic rings. The van der Waals surface area contributed by atoms with Crippen molar-refractivity contribution in [1.29, 1.82) is 0 Å². The van der Waals surface area contributed by atoms with Crippen molar-refractivity contribution in [2.45, 2.75) is 25.8 Å². The molecule has 0 aromatic rings. The van der Waals surface area contributed by atoms with E-state index in [0.29, 0.717) is 18.0 Å². The fourth-order valence-corrected chi connectivity index (χ4v) is 1.87. The summed E-state index contributed by atoms with van der Waals surface area (Å²) < 4.78 is 0. The summed E-state index contributed by atoms with van der Waals surface area (Å²) in [6, 6.07) is 0. The maximum absolute atomic E-state index is 12.1. The minimum Gasteiger partial charge on any atom is -0.393 e. The fourth-order valence-electron chi connectivity index (χ4n) is 1.77. The summed E-state index contributed by atoms with van der Waals surface area (Å²) in [6.45, 7) is 3.80. The number of thiocarbonyl (C=S) groups is 1. The van der Waals surface area contributed by atoms with Gasteiger partial charge in [0.1, 0.15) is 0 Å². The van der Waals surface area contributed by atoms with Crippen LogP contribution < -0.4 is 11.1 Å². The normalized spacial score (nSPS) is 18.6. The number of imide groups is 1. The van der Waals surface area contributed by atoms with E-state index >= 15 is 0 Å². The maximum Gasteiger partial charge on any atom is 0.246 e. The van der Waals surface area contributed by atoms with Crippen LogP contribution in [-0.2, 0) is 14.4 Å². The van der Waals surface area contributed by atoms with Crippen LogP contribution in [0.3, 0.4) is 0 Å². The summed E-state index contributed by atoms with van der Waals surface area (Å²) in [7, 11) is 1.64. The lowest BCUT2D eigenvalue weighted by Crippen LogP contribution is -2.65. The predicted octanol–water partition coefficient (Wildman–Crippen LogP) is -1.14. The largest absolute Gasteiger partial charge is 0.393 e. The first-order valence-corrected chi connectivity index (χ1v) is 6.67. The minimum absolute atomic E-state index is 0.00000661. The number of carbonyl (C=O) groups excluding carboxylic acids is 3. The highest BCUT2D eigenvalue weighted by molar-refractivity contribution is 7.80. The molecule has 0 radical (unpaired) electrons. The molecule has 1 aliphatic heterocycles. The third-order valence-corrected chi connectivity index (χ3v) is 3.58. The maximum atomic E-state index is 12.1. The Hall–Kier alpha value is -1.54. The molecule has 8 heteroatoms. The van der Waals surface area contributed by atoms with Crippen LogP contribution in [0, 0.1) is 0 Å². The van der Waals surface area contributed by atoms with E-state index in [0.717, 1.165) is 0 Å². The standard InChI is InChI=1S/C12H20N4O3S/c1-12(2)11(19)14-9(17)6-16(12)7-10(18)15(3)5-4-8(13)20/h4-7H2,1-3H3,(H2,13,20)(H,14,17,19). The van der Waals surface area contributed by atoms with Crippen LogP contribution in [0.5, 0.6) is 0 Å². The zero-order valence-corrected chi connectivity index (χ0v) is 12.7. The average molecular weight is 300 g/mol. The lowest BCUT2D eigenvalue weighted by molar-refractivity contribution is -0.147. The summed E-state index contributed by atoms with van der Waals surface area (Å²) in [4.78, 5) is 38.7. The number of carbonyl (C=O) groups is 3. The Kier molecular flexibility index (Phi) is 5.18. The summed E-state index contributed by atoms with van der Waals surface area (Å²) in [5.41, 5.74) is 4.49. The smallest absolute Gasteiger partial charge is 0.246 e. The molecule has 0 bridgehead atoms. The SMILES string of the molecule is CN(CCC(N)=S)C(=O)CN1CC(=O)NC(=O)C1(C)C. The van der Waals surface area contributed by atoms with E-state index in [1.807, 2.05) is 0 Å². The van der Waals surface area contributed by atoms with E-state index < -0.39 is 17.4 Å². The van der Waals surface area contributed by atoms with Gasteiger partial charge in [0.2, 0.25) is 17.7 Å². The third-order valence-electron chi connectivity index (χ3n) is 3.38. The molecule has 0 saturated carbocycles. The van der Waals surface area contributed by atoms with Crippen LogP contribution >= 0.6 is 12.2 Å². The monoisotopic (exact) mass is 300 g/mol. The van der Waals surface area contributed by atoms with Gasteiger partial charge in [0.05, 0.1) is 23.6 Å².